The van der Waals surface area contributed by atoms with Gasteiger partial charge >= 0.3 is 5.97 Å². The smallest absolute Gasteiger partial charge is 0.337 e. The lowest BCUT2D eigenvalue weighted by Crippen LogP contribution is -2.62. The van der Waals surface area contributed by atoms with Crippen molar-refractivity contribution in [3.05, 3.63) is 41.5 Å². The predicted octanol–water partition coefficient (Wildman–Crippen LogP) is 7.14. The molecule has 0 amide bonds. The summed E-state index contributed by atoms with van der Waals surface area (Å²) in [5, 5.41) is 22.4. The molecule has 2 N–H and O–H groups in total. The van der Waals surface area contributed by atoms with E-state index in [0.29, 0.717) is 47.0 Å². The number of fused-ring (bicyclic) bond motifs is 5. The van der Waals surface area contributed by atoms with E-state index in [-0.39, 0.29) is 29.0 Å². The van der Waals surface area contributed by atoms with Gasteiger partial charge in [-0.15, -0.1) is 0 Å². The zero-order valence-electron chi connectivity index (χ0n) is 24.2. The number of methoxy groups -OCH3 is 1. The maximum Gasteiger partial charge on any atom is 0.337 e. The van der Waals surface area contributed by atoms with Crippen molar-refractivity contribution in [2.45, 2.75) is 97.7 Å². The molecule has 1 aromatic carbocycles. The number of benzene rings is 1. The number of hydrogen-bond acceptors (Lipinski definition) is 4. The highest BCUT2D eigenvalue weighted by Crippen LogP contribution is 2.69. The first-order chi connectivity index (χ1) is 18.1. The molecule has 4 heteroatoms. The molecule has 210 valence electrons. The van der Waals surface area contributed by atoms with Gasteiger partial charge in [-0.3, -0.25) is 0 Å². The van der Waals surface area contributed by atoms with E-state index in [4.69, 9.17) is 4.74 Å². The Morgan fingerprint density at radius 3 is 2.55 bits per heavy atom. The van der Waals surface area contributed by atoms with Crippen molar-refractivity contribution in [2.75, 3.05) is 7.11 Å². The number of carbonyl (C=O) groups is 1. The predicted molar refractivity (Wildman–Crippen MR) is 152 cm³/mol. The van der Waals surface area contributed by atoms with Crippen LogP contribution in [0.15, 0.2) is 30.3 Å². The van der Waals surface area contributed by atoms with E-state index in [1.54, 1.807) is 6.07 Å². The van der Waals surface area contributed by atoms with Crippen LogP contribution in [0.4, 0.5) is 0 Å². The van der Waals surface area contributed by atoms with Crippen LogP contribution in [-0.2, 0) is 4.74 Å². The molecule has 4 aliphatic rings. The van der Waals surface area contributed by atoms with Crippen molar-refractivity contribution in [1.29, 1.82) is 0 Å². The standard InChI is InChI=1S/C34H50O4/c1-6-25-29-20-24(35)15-17-34(29,4)28-16-18-33(3)26(13-14-27(33)30(28)31(25)36)21(2)9-7-10-22-11-8-12-23(19-22)32(37)38-5/h7-8,10-12,19,21,24-31,35-36H,6,9,13-18,20H2,1-5H3/b10-7+/t21-,24-,25-,26-,27+,28+,29+,30+,31-,33-,34-/m1/s1. The van der Waals surface area contributed by atoms with E-state index in [1.807, 2.05) is 18.2 Å². The van der Waals surface area contributed by atoms with E-state index >= 15 is 0 Å². The number of aliphatic hydroxyl groups is 2. The van der Waals surface area contributed by atoms with Crippen molar-refractivity contribution in [1.82, 2.24) is 0 Å². The monoisotopic (exact) mass is 522 g/mol. The molecule has 4 saturated carbocycles. The van der Waals surface area contributed by atoms with Crippen LogP contribution in [0.5, 0.6) is 0 Å². The molecule has 0 unspecified atom stereocenters. The lowest BCUT2D eigenvalue weighted by Gasteiger charge is -2.64. The average molecular weight is 523 g/mol. The summed E-state index contributed by atoms with van der Waals surface area (Å²) >= 11 is 0. The molecular weight excluding hydrogens is 472 g/mol. The minimum absolute atomic E-state index is 0.188. The highest BCUT2D eigenvalue weighted by molar-refractivity contribution is 5.89. The summed E-state index contributed by atoms with van der Waals surface area (Å²) in [7, 11) is 1.42. The number of carbonyl (C=O) groups excluding carboxylic acids is 1. The Kier molecular flexibility index (Phi) is 7.88. The van der Waals surface area contributed by atoms with E-state index in [9.17, 15) is 15.0 Å². The molecule has 0 spiro atoms. The molecule has 11 atom stereocenters. The van der Waals surface area contributed by atoms with E-state index in [0.717, 1.165) is 37.7 Å². The summed E-state index contributed by atoms with van der Waals surface area (Å²) in [5.74, 6) is 3.32. The maximum absolute atomic E-state index is 11.9. The zero-order chi connectivity index (χ0) is 27.2. The van der Waals surface area contributed by atoms with Crippen LogP contribution in [0.2, 0.25) is 0 Å². The third kappa shape index (κ3) is 4.58. The van der Waals surface area contributed by atoms with Crippen LogP contribution >= 0.6 is 0 Å². The number of hydrogen-bond donors (Lipinski definition) is 2. The van der Waals surface area contributed by atoms with Gasteiger partial charge in [0, 0.05) is 0 Å². The fraction of sp³-hybridized carbons (Fsp3) is 0.735. The van der Waals surface area contributed by atoms with Crippen LogP contribution in [0.3, 0.4) is 0 Å². The third-order valence-corrected chi connectivity index (χ3v) is 12.3. The van der Waals surface area contributed by atoms with Crippen molar-refractivity contribution >= 4 is 12.0 Å². The Balaban J connectivity index is 1.31. The van der Waals surface area contributed by atoms with Gasteiger partial charge in [0.15, 0.2) is 0 Å². The molecule has 0 aromatic heterocycles. The fourth-order valence-corrected chi connectivity index (χ4v) is 10.4. The number of allylic oxidation sites excluding steroid dienone is 1. The van der Waals surface area contributed by atoms with Crippen LogP contribution in [0.1, 0.15) is 101 Å². The Labute approximate surface area is 230 Å². The first-order valence-corrected chi connectivity index (χ1v) is 15.3. The van der Waals surface area contributed by atoms with Crippen LogP contribution in [-0.4, -0.2) is 35.5 Å². The lowest BCUT2D eigenvalue weighted by atomic mass is 9.41. The minimum Gasteiger partial charge on any atom is -0.465 e. The average Bonchev–Trinajstić information content (AvgIpc) is 3.26. The van der Waals surface area contributed by atoms with Crippen LogP contribution in [0.25, 0.3) is 6.08 Å². The Morgan fingerprint density at radius 2 is 1.82 bits per heavy atom. The number of rotatable bonds is 6. The van der Waals surface area contributed by atoms with Crippen molar-refractivity contribution in [3.8, 4) is 0 Å². The highest BCUT2D eigenvalue weighted by Gasteiger charge is 2.64. The van der Waals surface area contributed by atoms with Gasteiger partial charge < -0.3 is 14.9 Å². The molecule has 5 rings (SSSR count). The first-order valence-electron chi connectivity index (χ1n) is 15.3. The zero-order valence-corrected chi connectivity index (χ0v) is 24.2. The van der Waals surface area contributed by atoms with Gasteiger partial charge in [0.25, 0.3) is 0 Å². The third-order valence-electron chi connectivity index (χ3n) is 12.3. The molecule has 4 fully saturated rings. The number of ether oxygens (including phenoxy) is 1. The number of aliphatic hydroxyl groups excluding tert-OH is 2. The topological polar surface area (TPSA) is 66.8 Å². The molecule has 0 saturated heterocycles. The lowest BCUT2D eigenvalue weighted by molar-refractivity contribution is -0.203. The fourth-order valence-electron chi connectivity index (χ4n) is 10.4. The molecule has 4 aliphatic carbocycles. The van der Waals surface area contributed by atoms with Crippen LogP contribution in [0, 0.1) is 52.3 Å². The van der Waals surface area contributed by atoms with Gasteiger partial charge in [-0.05, 0) is 121 Å². The summed E-state index contributed by atoms with van der Waals surface area (Å²) in [6.07, 6.45) is 14.0. The second-order valence-corrected chi connectivity index (χ2v) is 13.9. The van der Waals surface area contributed by atoms with Gasteiger partial charge in [-0.25, -0.2) is 4.79 Å². The molecule has 4 nitrogen and oxygen atoms in total. The molecule has 0 aliphatic heterocycles. The summed E-state index contributed by atoms with van der Waals surface area (Å²) < 4.78 is 4.87. The largest absolute Gasteiger partial charge is 0.465 e. The Hall–Kier alpha value is -1.65. The maximum atomic E-state index is 11.9. The van der Waals surface area contributed by atoms with E-state index < -0.39 is 0 Å². The highest BCUT2D eigenvalue weighted by atomic mass is 16.5. The van der Waals surface area contributed by atoms with E-state index in [2.05, 4.69) is 39.8 Å². The van der Waals surface area contributed by atoms with Gasteiger partial charge in [-0.2, -0.15) is 0 Å². The SMILES string of the molecule is CC[C@H]1[C@@H](O)[C@@H]2[C@H](CC[C@]3(C)[C@@H]([C@H](C)C/C=C/c4cccc(C(=O)OC)c4)CC[C@@H]23)[C@@]2(C)CC[C@@H](O)C[C@@H]12. The molecule has 0 radical (unpaired) electrons. The second-order valence-electron chi connectivity index (χ2n) is 13.9. The molecule has 0 bridgehead atoms. The van der Waals surface area contributed by atoms with Gasteiger partial charge in [0.05, 0.1) is 24.9 Å². The van der Waals surface area contributed by atoms with E-state index in [1.165, 1.54) is 32.8 Å². The van der Waals surface area contributed by atoms with Gasteiger partial charge in [0.2, 0.25) is 0 Å². The summed E-state index contributed by atoms with van der Waals surface area (Å²) in [6.45, 7) is 9.75. The summed E-state index contributed by atoms with van der Waals surface area (Å²) in [6, 6.07) is 7.64. The van der Waals surface area contributed by atoms with Crippen molar-refractivity contribution in [3.63, 3.8) is 0 Å². The quantitative estimate of drug-likeness (QED) is 0.390. The van der Waals surface area contributed by atoms with Gasteiger partial charge in [0.1, 0.15) is 0 Å². The summed E-state index contributed by atoms with van der Waals surface area (Å²) in [4.78, 5) is 11.9. The molecule has 0 heterocycles. The Morgan fingerprint density at radius 1 is 1.08 bits per heavy atom. The minimum atomic E-state index is -0.297. The first kappa shape index (κ1) is 27.9. The molecule has 38 heavy (non-hydrogen) atoms. The Bertz CT molecular complexity index is 1030. The van der Waals surface area contributed by atoms with Gasteiger partial charge in [-0.1, -0.05) is 58.4 Å². The van der Waals surface area contributed by atoms with Crippen molar-refractivity contribution < 1.29 is 19.7 Å². The normalized spacial score (nSPS) is 43.2. The molecule has 1 aromatic rings. The van der Waals surface area contributed by atoms with Crippen molar-refractivity contribution in [2.24, 2.45) is 52.3 Å². The number of esters is 1. The molecular formula is C34H50O4. The second kappa shape index (κ2) is 10.7. The van der Waals surface area contributed by atoms with Crippen LogP contribution < -0.4 is 0 Å². The summed E-state index contributed by atoms with van der Waals surface area (Å²) in [5.41, 5.74) is 2.17.